The van der Waals surface area contributed by atoms with E-state index >= 15 is 0 Å². The molecule has 32 heavy (non-hydrogen) atoms. The first-order valence-electron chi connectivity index (χ1n) is 12.0. The molecule has 1 aromatic carbocycles. The third-order valence-electron chi connectivity index (χ3n) is 5.63. The molecular formula is C26H37ClN2O2S. The molecular weight excluding hydrogens is 440 g/mol. The van der Waals surface area contributed by atoms with Crippen LogP contribution >= 0.6 is 23.4 Å². The van der Waals surface area contributed by atoms with Crippen LogP contribution < -0.4 is 4.74 Å². The van der Waals surface area contributed by atoms with Gasteiger partial charge >= 0.3 is 5.97 Å². The summed E-state index contributed by atoms with van der Waals surface area (Å²) in [5.41, 5.74) is 1.92. The van der Waals surface area contributed by atoms with E-state index in [2.05, 4.69) is 16.9 Å². The fourth-order valence-corrected chi connectivity index (χ4v) is 4.27. The number of thioether (sulfide) groups is 1. The smallest absolute Gasteiger partial charge is 0.329 e. The standard InChI is InChI=1S/C26H37ClN2O2S/c1-4-6-7-8-9-10-11-12-17-32-26-28-18-22(19-29-26)21-13-15-23(16-14-21)31-25(30)24(27)20(3)5-2/h13-16,18-20,24H,4-12,17H2,1-3H3. The Balaban J connectivity index is 1.74. The molecule has 0 fully saturated rings. The molecule has 1 aromatic heterocycles. The van der Waals surface area contributed by atoms with Crippen molar-refractivity contribution in [2.75, 3.05) is 5.75 Å². The van der Waals surface area contributed by atoms with Gasteiger partial charge in [-0.1, -0.05) is 96.0 Å². The second-order valence-electron chi connectivity index (χ2n) is 8.31. The van der Waals surface area contributed by atoms with Crippen molar-refractivity contribution in [3.8, 4) is 16.9 Å². The number of carbonyl (C=O) groups excluding carboxylic acids is 1. The first-order chi connectivity index (χ1) is 15.5. The number of hydrogen-bond acceptors (Lipinski definition) is 5. The van der Waals surface area contributed by atoms with Crippen molar-refractivity contribution in [3.05, 3.63) is 36.7 Å². The predicted octanol–water partition coefficient (Wildman–Crippen LogP) is 7.94. The zero-order valence-corrected chi connectivity index (χ0v) is 21.3. The molecule has 0 saturated carbocycles. The summed E-state index contributed by atoms with van der Waals surface area (Å²) in [6, 6.07) is 7.36. The van der Waals surface area contributed by atoms with Gasteiger partial charge in [0.25, 0.3) is 0 Å². The lowest BCUT2D eigenvalue weighted by atomic mass is 10.1. The minimum Gasteiger partial charge on any atom is -0.425 e. The van der Waals surface area contributed by atoms with Crippen LogP contribution in [0.4, 0.5) is 0 Å². The van der Waals surface area contributed by atoms with Crippen LogP contribution in [0.2, 0.25) is 0 Å². The van der Waals surface area contributed by atoms with Gasteiger partial charge in [-0.25, -0.2) is 9.97 Å². The maximum absolute atomic E-state index is 12.1. The summed E-state index contributed by atoms with van der Waals surface area (Å²) in [6.07, 6.45) is 15.2. The summed E-state index contributed by atoms with van der Waals surface area (Å²) < 4.78 is 5.40. The van der Waals surface area contributed by atoms with Crippen LogP contribution in [0.5, 0.6) is 5.75 Å². The minimum absolute atomic E-state index is 0.0764. The van der Waals surface area contributed by atoms with Crippen LogP contribution in [0.15, 0.2) is 41.8 Å². The van der Waals surface area contributed by atoms with Crippen molar-refractivity contribution in [3.63, 3.8) is 0 Å². The van der Waals surface area contributed by atoms with Crippen LogP contribution in [0.3, 0.4) is 0 Å². The van der Waals surface area contributed by atoms with Crippen molar-refractivity contribution < 1.29 is 9.53 Å². The Morgan fingerprint density at radius 1 is 0.938 bits per heavy atom. The Bertz CT molecular complexity index is 783. The Morgan fingerprint density at radius 3 is 2.12 bits per heavy atom. The highest BCUT2D eigenvalue weighted by Gasteiger charge is 2.23. The maximum Gasteiger partial charge on any atom is 0.329 e. The Hall–Kier alpha value is -1.59. The van der Waals surface area contributed by atoms with Crippen molar-refractivity contribution in [1.29, 1.82) is 0 Å². The lowest BCUT2D eigenvalue weighted by molar-refractivity contribution is -0.134. The molecule has 2 rings (SSSR count). The van der Waals surface area contributed by atoms with Crippen LogP contribution in [-0.2, 0) is 4.79 Å². The summed E-state index contributed by atoms with van der Waals surface area (Å²) in [6.45, 7) is 6.21. The van der Waals surface area contributed by atoms with Gasteiger partial charge in [0.2, 0.25) is 0 Å². The van der Waals surface area contributed by atoms with Gasteiger partial charge in [-0.3, -0.25) is 4.79 Å². The van der Waals surface area contributed by atoms with Gasteiger partial charge in [0.05, 0.1) is 0 Å². The Labute approximate surface area is 202 Å². The summed E-state index contributed by atoms with van der Waals surface area (Å²) in [5, 5.41) is 0.185. The van der Waals surface area contributed by atoms with Gasteiger partial charge in [0.15, 0.2) is 5.16 Å². The normalized spacial score (nSPS) is 13.0. The molecule has 0 aliphatic carbocycles. The van der Waals surface area contributed by atoms with Crippen molar-refractivity contribution in [2.45, 2.75) is 89.1 Å². The number of hydrogen-bond donors (Lipinski definition) is 0. The molecule has 1 heterocycles. The molecule has 2 atom stereocenters. The summed E-state index contributed by atoms with van der Waals surface area (Å²) >= 11 is 7.88. The molecule has 0 bridgehead atoms. The van der Waals surface area contributed by atoms with Gasteiger partial charge < -0.3 is 4.74 Å². The number of aromatic nitrogens is 2. The molecule has 6 heteroatoms. The quantitative estimate of drug-likeness (QED) is 0.0651. The summed E-state index contributed by atoms with van der Waals surface area (Å²) in [4.78, 5) is 21.1. The number of benzene rings is 1. The van der Waals surface area contributed by atoms with E-state index < -0.39 is 11.3 Å². The van der Waals surface area contributed by atoms with E-state index in [1.807, 2.05) is 38.4 Å². The fourth-order valence-electron chi connectivity index (χ4n) is 3.27. The monoisotopic (exact) mass is 476 g/mol. The van der Waals surface area contributed by atoms with E-state index in [1.165, 1.54) is 51.4 Å². The number of halogens is 1. The zero-order chi connectivity index (χ0) is 23.2. The number of unbranched alkanes of at least 4 members (excludes halogenated alkanes) is 7. The third-order valence-corrected chi connectivity index (χ3v) is 7.20. The molecule has 0 amide bonds. The van der Waals surface area contributed by atoms with Crippen LogP contribution in [-0.4, -0.2) is 27.1 Å². The number of carbonyl (C=O) groups is 1. The van der Waals surface area contributed by atoms with E-state index in [9.17, 15) is 4.79 Å². The molecule has 2 unspecified atom stereocenters. The molecule has 176 valence electrons. The minimum atomic E-state index is -0.635. The zero-order valence-electron chi connectivity index (χ0n) is 19.7. The molecule has 2 aromatic rings. The van der Waals surface area contributed by atoms with Gasteiger partial charge in [-0.15, -0.1) is 11.6 Å². The molecule has 0 N–H and O–H groups in total. The predicted molar refractivity (Wildman–Crippen MR) is 136 cm³/mol. The number of alkyl halides is 1. The van der Waals surface area contributed by atoms with Crippen LogP contribution in [0.1, 0.15) is 78.6 Å². The molecule has 0 spiro atoms. The fraction of sp³-hybridized carbons (Fsp3) is 0.577. The largest absolute Gasteiger partial charge is 0.425 e. The topological polar surface area (TPSA) is 52.1 Å². The number of nitrogens with zero attached hydrogens (tertiary/aromatic N) is 2. The highest BCUT2D eigenvalue weighted by Crippen LogP contribution is 2.24. The van der Waals surface area contributed by atoms with Gasteiger partial charge in [-0.05, 0) is 30.0 Å². The SMILES string of the molecule is CCCCCCCCCCSc1ncc(-c2ccc(OC(=O)C(Cl)C(C)CC)cc2)cn1. The van der Waals surface area contributed by atoms with Crippen molar-refractivity contribution in [1.82, 2.24) is 9.97 Å². The second-order valence-corrected chi connectivity index (χ2v) is 9.84. The molecule has 0 radical (unpaired) electrons. The molecule has 4 nitrogen and oxygen atoms in total. The first kappa shape index (κ1) is 26.7. The Kier molecular flexibility index (Phi) is 12.7. The molecule has 0 aliphatic rings. The van der Waals surface area contributed by atoms with E-state index in [-0.39, 0.29) is 5.92 Å². The average Bonchev–Trinajstić information content (AvgIpc) is 2.83. The highest BCUT2D eigenvalue weighted by molar-refractivity contribution is 7.99. The van der Waals surface area contributed by atoms with E-state index in [0.717, 1.165) is 28.5 Å². The molecule has 0 saturated heterocycles. The highest BCUT2D eigenvalue weighted by atomic mass is 35.5. The second kappa shape index (κ2) is 15.3. The van der Waals surface area contributed by atoms with Crippen molar-refractivity contribution >= 4 is 29.3 Å². The Morgan fingerprint density at radius 2 is 1.53 bits per heavy atom. The molecule has 0 aliphatic heterocycles. The first-order valence-corrected chi connectivity index (χ1v) is 13.4. The van der Waals surface area contributed by atoms with Crippen LogP contribution in [0.25, 0.3) is 11.1 Å². The van der Waals surface area contributed by atoms with Gasteiger partial charge in [-0.2, -0.15) is 0 Å². The summed E-state index contributed by atoms with van der Waals surface area (Å²) in [5.74, 6) is 1.22. The van der Waals surface area contributed by atoms with Crippen molar-refractivity contribution in [2.24, 2.45) is 5.92 Å². The van der Waals surface area contributed by atoms with Gasteiger partial charge in [0, 0.05) is 23.7 Å². The number of esters is 1. The number of ether oxygens (including phenoxy) is 1. The number of rotatable bonds is 15. The van der Waals surface area contributed by atoms with Crippen LogP contribution in [0, 0.1) is 5.92 Å². The summed E-state index contributed by atoms with van der Waals surface area (Å²) in [7, 11) is 0. The van der Waals surface area contributed by atoms with E-state index in [1.54, 1.807) is 23.9 Å². The lowest BCUT2D eigenvalue weighted by Crippen LogP contribution is -2.26. The average molecular weight is 477 g/mol. The van der Waals surface area contributed by atoms with Gasteiger partial charge in [0.1, 0.15) is 11.1 Å². The maximum atomic E-state index is 12.1. The third kappa shape index (κ3) is 9.50. The van der Waals surface area contributed by atoms with E-state index in [0.29, 0.717) is 5.75 Å². The van der Waals surface area contributed by atoms with E-state index in [4.69, 9.17) is 16.3 Å². The lowest BCUT2D eigenvalue weighted by Gasteiger charge is -2.15.